The third-order valence-electron chi connectivity index (χ3n) is 7.19. The Labute approximate surface area is 178 Å². The van der Waals surface area contributed by atoms with Crippen LogP contribution >= 0.6 is 0 Å². The van der Waals surface area contributed by atoms with Gasteiger partial charge in [-0.05, 0) is 68.3 Å². The highest BCUT2D eigenvalue weighted by molar-refractivity contribution is 5.84. The molecule has 3 heterocycles. The van der Waals surface area contributed by atoms with E-state index in [-0.39, 0.29) is 11.5 Å². The Hall–Kier alpha value is -2.18. The van der Waals surface area contributed by atoms with Crippen LogP contribution in [0.25, 0.3) is 0 Å². The van der Waals surface area contributed by atoms with E-state index in [1.165, 1.54) is 24.0 Å². The number of aromatic nitrogens is 2. The fourth-order valence-corrected chi connectivity index (χ4v) is 5.28. The van der Waals surface area contributed by atoms with Crippen LogP contribution in [0.3, 0.4) is 0 Å². The van der Waals surface area contributed by atoms with Crippen molar-refractivity contribution in [2.75, 3.05) is 26.2 Å². The van der Waals surface area contributed by atoms with Gasteiger partial charge in [-0.2, -0.15) is 5.10 Å². The molecule has 160 valence electrons. The summed E-state index contributed by atoms with van der Waals surface area (Å²) in [5, 5.41) is 14.8. The summed E-state index contributed by atoms with van der Waals surface area (Å²) in [4.78, 5) is 17.7. The zero-order valence-corrected chi connectivity index (χ0v) is 17.6. The quantitative estimate of drug-likeness (QED) is 0.798. The number of carbonyl (C=O) groups is 1. The van der Waals surface area contributed by atoms with E-state index in [2.05, 4.69) is 34.3 Å². The first-order chi connectivity index (χ1) is 14.6. The van der Waals surface area contributed by atoms with Crippen molar-refractivity contribution in [3.63, 3.8) is 0 Å². The molecule has 1 N–H and O–H groups in total. The summed E-state index contributed by atoms with van der Waals surface area (Å²) in [6.45, 7) is 4.87. The fourth-order valence-electron chi connectivity index (χ4n) is 5.28. The average Bonchev–Trinajstić information content (AvgIpc) is 3.41. The van der Waals surface area contributed by atoms with Crippen LogP contribution in [0.15, 0.2) is 42.7 Å². The zero-order valence-electron chi connectivity index (χ0n) is 17.6. The predicted octanol–water partition coefficient (Wildman–Crippen LogP) is 2.52. The summed E-state index contributed by atoms with van der Waals surface area (Å²) in [6.07, 6.45) is 8.25. The van der Waals surface area contributed by atoms with Gasteiger partial charge < -0.3 is 10.0 Å². The number of amides is 1. The first-order valence-corrected chi connectivity index (χ1v) is 11.4. The van der Waals surface area contributed by atoms with Crippen molar-refractivity contribution in [1.82, 2.24) is 19.6 Å². The maximum atomic E-state index is 13.3. The summed E-state index contributed by atoms with van der Waals surface area (Å²) in [7, 11) is 0. The first-order valence-electron chi connectivity index (χ1n) is 11.4. The molecule has 1 unspecified atom stereocenters. The van der Waals surface area contributed by atoms with E-state index in [4.69, 9.17) is 0 Å². The third-order valence-corrected chi connectivity index (χ3v) is 7.19. The molecule has 1 amide bonds. The number of likely N-dealkylation sites (tertiary alicyclic amines) is 2. The summed E-state index contributed by atoms with van der Waals surface area (Å²) >= 11 is 0. The standard InChI is InChI=1S/C24H32N4O2/c29-22-14-24(23(30)27(18-22)15-19-6-7-19)8-12-26(13-9-24)16-20-4-1-2-5-21(20)17-28-11-3-10-25-28/h1-5,10-11,19,22,29H,6-9,12-18H2. The van der Waals surface area contributed by atoms with Crippen molar-refractivity contribution in [3.8, 4) is 0 Å². The molecule has 1 spiro atoms. The Kier molecular flexibility index (Phi) is 5.37. The molecule has 3 fully saturated rings. The number of hydrogen-bond donors (Lipinski definition) is 1. The first kappa shape index (κ1) is 19.8. The molecule has 2 saturated heterocycles. The van der Waals surface area contributed by atoms with Crippen LogP contribution in [0.4, 0.5) is 0 Å². The second-order valence-corrected chi connectivity index (χ2v) is 9.54. The maximum absolute atomic E-state index is 13.3. The van der Waals surface area contributed by atoms with E-state index >= 15 is 0 Å². The lowest BCUT2D eigenvalue weighted by molar-refractivity contribution is -0.157. The molecule has 1 aromatic heterocycles. The lowest BCUT2D eigenvalue weighted by Gasteiger charge is -2.48. The van der Waals surface area contributed by atoms with Crippen LogP contribution in [-0.2, 0) is 17.9 Å². The number of rotatable bonds is 6. The van der Waals surface area contributed by atoms with Crippen LogP contribution in [-0.4, -0.2) is 62.9 Å². The van der Waals surface area contributed by atoms with Crippen LogP contribution in [0, 0.1) is 11.3 Å². The minimum absolute atomic E-state index is 0.304. The van der Waals surface area contributed by atoms with Crippen LogP contribution in [0.2, 0.25) is 0 Å². The van der Waals surface area contributed by atoms with Crippen molar-refractivity contribution < 1.29 is 9.90 Å². The Bertz CT molecular complexity index is 867. The molecular formula is C24H32N4O2. The Morgan fingerprint density at radius 2 is 1.80 bits per heavy atom. The lowest BCUT2D eigenvalue weighted by Crippen LogP contribution is -2.57. The molecule has 1 atom stereocenters. The van der Waals surface area contributed by atoms with E-state index in [1.54, 1.807) is 0 Å². The molecule has 0 bridgehead atoms. The van der Waals surface area contributed by atoms with Crippen molar-refractivity contribution in [1.29, 1.82) is 0 Å². The van der Waals surface area contributed by atoms with Gasteiger partial charge in [0.15, 0.2) is 0 Å². The smallest absolute Gasteiger partial charge is 0.229 e. The molecule has 5 rings (SSSR count). The van der Waals surface area contributed by atoms with E-state index in [1.807, 2.05) is 28.0 Å². The Balaban J connectivity index is 1.23. The zero-order chi connectivity index (χ0) is 20.6. The van der Waals surface area contributed by atoms with Gasteiger partial charge in [0.25, 0.3) is 0 Å². The van der Waals surface area contributed by atoms with Crippen LogP contribution in [0.1, 0.15) is 43.2 Å². The van der Waals surface area contributed by atoms with E-state index < -0.39 is 0 Å². The van der Waals surface area contributed by atoms with Gasteiger partial charge in [0.1, 0.15) is 0 Å². The van der Waals surface area contributed by atoms with E-state index in [0.29, 0.717) is 24.8 Å². The number of β-amino-alcohol motifs (C(OH)–C–C–N with tert-alkyl or cyclic N) is 1. The number of aliphatic hydroxyl groups is 1. The molecule has 0 radical (unpaired) electrons. The highest BCUT2D eigenvalue weighted by Crippen LogP contribution is 2.42. The number of carbonyl (C=O) groups excluding carboxylic acids is 1. The SMILES string of the molecule is O=C1N(CC2CC2)CC(O)CC12CCN(Cc1ccccc1Cn1cccn1)CC2. The fraction of sp³-hybridized carbons (Fsp3) is 0.583. The van der Waals surface area contributed by atoms with Gasteiger partial charge >= 0.3 is 0 Å². The molecule has 1 aromatic carbocycles. The van der Waals surface area contributed by atoms with Crippen molar-refractivity contribution in [3.05, 3.63) is 53.9 Å². The largest absolute Gasteiger partial charge is 0.391 e. The van der Waals surface area contributed by atoms with Gasteiger partial charge in [-0.1, -0.05) is 24.3 Å². The van der Waals surface area contributed by atoms with Crippen LogP contribution in [0.5, 0.6) is 0 Å². The predicted molar refractivity (Wildman–Crippen MR) is 115 cm³/mol. The summed E-state index contributed by atoms with van der Waals surface area (Å²) < 4.78 is 1.96. The summed E-state index contributed by atoms with van der Waals surface area (Å²) in [6, 6.07) is 10.5. The Morgan fingerprint density at radius 1 is 1.07 bits per heavy atom. The molecule has 30 heavy (non-hydrogen) atoms. The molecule has 2 aromatic rings. The van der Waals surface area contributed by atoms with Gasteiger partial charge in [0.2, 0.25) is 5.91 Å². The topological polar surface area (TPSA) is 61.6 Å². The van der Waals surface area contributed by atoms with Gasteiger partial charge in [0.05, 0.1) is 18.1 Å². The second-order valence-electron chi connectivity index (χ2n) is 9.54. The third kappa shape index (κ3) is 4.16. The average molecular weight is 409 g/mol. The molecule has 3 aliphatic rings. The minimum Gasteiger partial charge on any atom is -0.391 e. The molecule has 2 aliphatic heterocycles. The van der Waals surface area contributed by atoms with Crippen molar-refractivity contribution >= 4 is 5.91 Å². The molecule has 6 heteroatoms. The highest BCUT2D eigenvalue weighted by Gasteiger charge is 2.49. The molecule has 6 nitrogen and oxygen atoms in total. The van der Waals surface area contributed by atoms with Gasteiger partial charge in [0, 0.05) is 32.0 Å². The molecule has 1 aliphatic carbocycles. The molecular weight excluding hydrogens is 376 g/mol. The van der Waals surface area contributed by atoms with Gasteiger partial charge in [-0.3, -0.25) is 14.4 Å². The number of nitrogens with zero attached hydrogens (tertiary/aromatic N) is 4. The normalized spacial score (nSPS) is 24.5. The molecule has 1 saturated carbocycles. The monoisotopic (exact) mass is 408 g/mol. The van der Waals surface area contributed by atoms with Crippen molar-refractivity contribution in [2.45, 2.75) is 51.3 Å². The van der Waals surface area contributed by atoms with E-state index in [9.17, 15) is 9.90 Å². The number of benzene rings is 1. The van der Waals surface area contributed by atoms with Gasteiger partial charge in [-0.25, -0.2) is 0 Å². The summed E-state index contributed by atoms with van der Waals surface area (Å²) in [5.74, 6) is 0.973. The summed E-state index contributed by atoms with van der Waals surface area (Å²) in [5.41, 5.74) is 2.27. The Morgan fingerprint density at radius 3 is 2.47 bits per heavy atom. The maximum Gasteiger partial charge on any atom is 0.229 e. The lowest BCUT2D eigenvalue weighted by atomic mass is 9.70. The second kappa shape index (κ2) is 8.16. The highest BCUT2D eigenvalue weighted by atomic mass is 16.3. The number of piperidine rings is 2. The van der Waals surface area contributed by atoms with E-state index in [0.717, 1.165) is 45.6 Å². The number of aliphatic hydroxyl groups excluding tert-OH is 1. The minimum atomic E-state index is -0.372. The van der Waals surface area contributed by atoms with Crippen molar-refractivity contribution in [2.24, 2.45) is 11.3 Å². The van der Waals surface area contributed by atoms with Gasteiger partial charge in [-0.15, -0.1) is 0 Å². The van der Waals surface area contributed by atoms with Crippen LogP contribution < -0.4 is 0 Å². The number of hydrogen-bond acceptors (Lipinski definition) is 4.